The maximum atomic E-state index is 10.4. The molecule has 0 spiro atoms. The summed E-state index contributed by atoms with van der Waals surface area (Å²) in [6.07, 6.45) is 2.51. The van der Waals surface area contributed by atoms with Gasteiger partial charge >= 0.3 is 5.97 Å². The largest absolute Gasteiger partial charge is 0.481 e. The second-order valence-corrected chi connectivity index (χ2v) is 3.53. The molecule has 0 saturated heterocycles. The minimum atomic E-state index is -0.745. The molecular formula is C11H23NO3. The van der Waals surface area contributed by atoms with Crippen molar-refractivity contribution in [2.75, 3.05) is 6.54 Å². The molecule has 1 unspecified atom stereocenters. The maximum Gasteiger partial charge on any atom is 0.303 e. The highest BCUT2D eigenvalue weighted by Crippen LogP contribution is 2.03. The number of aliphatic carboxylic acids is 1. The number of carboxylic acid groups (broad SMARTS) is 1. The van der Waals surface area contributed by atoms with Crippen LogP contribution in [0.2, 0.25) is 0 Å². The van der Waals surface area contributed by atoms with Crippen molar-refractivity contribution in [1.82, 2.24) is 5.32 Å². The van der Waals surface area contributed by atoms with Gasteiger partial charge in [0, 0.05) is 19.9 Å². The molecule has 0 fully saturated rings. The maximum absolute atomic E-state index is 10.4. The van der Waals surface area contributed by atoms with Crippen molar-refractivity contribution in [1.29, 1.82) is 0 Å². The lowest BCUT2D eigenvalue weighted by atomic mass is 10.1. The van der Waals surface area contributed by atoms with Gasteiger partial charge in [-0.25, -0.2) is 0 Å². The fourth-order valence-electron chi connectivity index (χ4n) is 0.699. The molecule has 0 radical (unpaired) electrons. The van der Waals surface area contributed by atoms with Crippen LogP contribution in [0, 0.1) is 5.92 Å². The molecule has 0 saturated carbocycles. The first-order valence-electron chi connectivity index (χ1n) is 5.40. The van der Waals surface area contributed by atoms with Gasteiger partial charge in [-0.3, -0.25) is 9.59 Å². The third-order valence-corrected chi connectivity index (χ3v) is 2.01. The number of hydrogen-bond acceptors (Lipinski definition) is 2. The van der Waals surface area contributed by atoms with Crippen LogP contribution < -0.4 is 5.32 Å². The lowest BCUT2D eigenvalue weighted by Gasteiger charge is -2.07. The summed E-state index contributed by atoms with van der Waals surface area (Å²) in [6, 6.07) is 0. The quantitative estimate of drug-likeness (QED) is 0.740. The predicted molar refractivity (Wildman–Crippen MR) is 60.7 cm³/mol. The first-order valence-corrected chi connectivity index (χ1v) is 5.40. The average Bonchev–Trinajstić information content (AvgIpc) is 2.17. The second kappa shape index (κ2) is 11.0. The summed E-state index contributed by atoms with van der Waals surface area (Å²) in [6.45, 7) is 8.34. The molecule has 2 N–H and O–H groups in total. The SMILES string of the molecule is CCC(=O)O.CCC(C)CCNC(C)=O. The summed E-state index contributed by atoms with van der Waals surface area (Å²) < 4.78 is 0. The Morgan fingerprint density at radius 3 is 2.07 bits per heavy atom. The molecule has 0 aromatic rings. The van der Waals surface area contributed by atoms with Crippen molar-refractivity contribution in [2.45, 2.75) is 47.0 Å². The van der Waals surface area contributed by atoms with E-state index in [9.17, 15) is 9.59 Å². The minimum Gasteiger partial charge on any atom is -0.481 e. The molecule has 0 bridgehead atoms. The second-order valence-electron chi connectivity index (χ2n) is 3.53. The molecule has 90 valence electrons. The van der Waals surface area contributed by atoms with E-state index in [0.29, 0.717) is 0 Å². The highest BCUT2D eigenvalue weighted by Gasteiger charge is 1.97. The molecule has 0 aromatic carbocycles. The Kier molecular flexibility index (Phi) is 12.0. The normalized spacial score (nSPS) is 10.9. The standard InChI is InChI=1S/C8H17NO.C3H6O2/c1-4-7(2)5-6-9-8(3)10;1-2-3(4)5/h7H,4-6H2,1-3H3,(H,9,10);2H2,1H3,(H,4,5). The summed E-state index contributed by atoms with van der Waals surface area (Å²) in [5, 5.41) is 10.5. The highest BCUT2D eigenvalue weighted by molar-refractivity contribution is 5.72. The smallest absolute Gasteiger partial charge is 0.303 e. The van der Waals surface area contributed by atoms with Gasteiger partial charge in [0.05, 0.1) is 0 Å². The van der Waals surface area contributed by atoms with Gasteiger partial charge in [-0.1, -0.05) is 27.2 Å². The highest BCUT2D eigenvalue weighted by atomic mass is 16.4. The predicted octanol–water partition coefficient (Wildman–Crippen LogP) is 2.04. The molecule has 4 heteroatoms. The van der Waals surface area contributed by atoms with Crippen molar-refractivity contribution in [2.24, 2.45) is 5.92 Å². The molecule has 0 aliphatic carbocycles. The number of rotatable bonds is 5. The van der Waals surface area contributed by atoms with Crippen molar-refractivity contribution in [3.8, 4) is 0 Å². The van der Waals surface area contributed by atoms with E-state index in [1.807, 2.05) is 0 Å². The monoisotopic (exact) mass is 217 g/mol. The van der Waals surface area contributed by atoms with E-state index >= 15 is 0 Å². The molecule has 0 aromatic heterocycles. The van der Waals surface area contributed by atoms with Gasteiger partial charge in [-0.05, 0) is 12.3 Å². The van der Waals surface area contributed by atoms with Crippen LogP contribution in [0.25, 0.3) is 0 Å². The molecule has 4 nitrogen and oxygen atoms in total. The van der Waals surface area contributed by atoms with E-state index in [0.717, 1.165) is 18.9 Å². The molecule has 0 aliphatic heterocycles. The van der Waals surface area contributed by atoms with Gasteiger partial charge < -0.3 is 10.4 Å². The number of carboxylic acids is 1. The number of amides is 1. The van der Waals surface area contributed by atoms with Gasteiger partial charge in [0.15, 0.2) is 0 Å². The van der Waals surface area contributed by atoms with Gasteiger partial charge in [-0.2, -0.15) is 0 Å². The topological polar surface area (TPSA) is 66.4 Å². The number of carbonyl (C=O) groups is 2. The zero-order valence-electron chi connectivity index (χ0n) is 10.2. The van der Waals surface area contributed by atoms with E-state index in [1.54, 1.807) is 13.8 Å². The van der Waals surface area contributed by atoms with E-state index in [-0.39, 0.29) is 12.3 Å². The third-order valence-electron chi connectivity index (χ3n) is 2.01. The lowest BCUT2D eigenvalue weighted by molar-refractivity contribution is -0.136. The molecule has 15 heavy (non-hydrogen) atoms. The van der Waals surface area contributed by atoms with E-state index < -0.39 is 5.97 Å². The summed E-state index contributed by atoms with van der Waals surface area (Å²) in [5.74, 6) is 0.0557. The molecule has 1 amide bonds. The van der Waals surface area contributed by atoms with E-state index in [1.165, 1.54) is 6.42 Å². The fourth-order valence-corrected chi connectivity index (χ4v) is 0.699. The van der Waals surface area contributed by atoms with Gasteiger partial charge in [-0.15, -0.1) is 0 Å². The van der Waals surface area contributed by atoms with Crippen molar-refractivity contribution in [3.63, 3.8) is 0 Å². The molecule has 0 heterocycles. The zero-order valence-corrected chi connectivity index (χ0v) is 10.2. The number of nitrogens with one attached hydrogen (secondary N) is 1. The summed E-state index contributed by atoms with van der Waals surface area (Å²) in [4.78, 5) is 19.8. The first kappa shape index (κ1) is 16.4. The lowest BCUT2D eigenvalue weighted by Crippen LogP contribution is -2.22. The Morgan fingerprint density at radius 2 is 1.80 bits per heavy atom. The zero-order chi connectivity index (χ0) is 12.3. The third kappa shape index (κ3) is 19.4. The Hall–Kier alpha value is -1.06. The van der Waals surface area contributed by atoms with Gasteiger partial charge in [0.25, 0.3) is 0 Å². The summed E-state index contributed by atoms with van der Waals surface area (Å²) in [5.41, 5.74) is 0. The van der Waals surface area contributed by atoms with Crippen LogP contribution in [0.5, 0.6) is 0 Å². The molecule has 0 aliphatic rings. The average molecular weight is 217 g/mol. The minimum absolute atomic E-state index is 0.0725. The molecular weight excluding hydrogens is 194 g/mol. The van der Waals surface area contributed by atoms with Crippen LogP contribution in [0.1, 0.15) is 47.0 Å². The van der Waals surface area contributed by atoms with E-state index in [2.05, 4.69) is 19.2 Å². The van der Waals surface area contributed by atoms with Crippen molar-refractivity contribution in [3.05, 3.63) is 0 Å². The van der Waals surface area contributed by atoms with Crippen LogP contribution in [0.4, 0.5) is 0 Å². The van der Waals surface area contributed by atoms with Gasteiger partial charge in [0.2, 0.25) is 5.91 Å². The Bertz CT molecular complexity index is 181. The number of carbonyl (C=O) groups excluding carboxylic acids is 1. The van der Waals surface area contributed by atoms with E-state index in [4.69, 9.17) is 5.11 Å². The van der Waals surface area contributed by atoms with Crippen molar-refractivity contribution < 1.29 is 14.7 Å². The van der Waals surface area contributed by atoms with Gasteiger partial charge in [0.1, 0.15) is 0 Å². The van der Waals surface area contributed by atoms with Crippen LogP contribution in [-0.4, -0.2) is 23.5 Å². The summed E-state index contributed by atoms with van der Waals surface area (Å²) >= 11 is 0. The van der Waals surface area contributed by atoms with Crippen LogP contribution in [-0.2, 0) is 9.59 Å². The summed E-state index contributed by atoms with van der Waals surface area (Å²) in [7, 11) is 0. The Labute approximate surface area is 92.1 Å². The first-order chi connectivity index (χ1) is 6.93. The molecule has 0 rings (SSSR count). The Balaban J connectivity index is 0. The van der Waals surface area contributed by atoms with Crippen molar-refractivity contribution >= 4 is 11.9 Å². The Morgan fingerprint density at radius 1 is 1.33 bits per heavy atom. The van der Waals surface area contributed by atoms with Crippen LogP contribution in [0.15, 0.2) is 0 Å². The number of hydrogen-bond donors (Lipinski definition) is 2. The van der Waals surface area contributed by atoms with Crippen LogP contribution in [0.3, 0.4) is 0 Å². The fraction of sp³-hybridized carbons (Fsp3) is 0.818. The van der Waals surface area contributed by atoms with Crippen LogP contribution >= 0.6 is 0 Å². The molecule has 1 atom stereocenters.